The van der Waals surface area contributed by atoms with Crippen LogP contribution < -0.4 is 14.8 Å². The summed E-state index contributed by atoms with van der Waals surface area (Å²) in [6, 6.07) is 21.8. The lowest BCUT2D eigenvalue weighted by Gasteiger charge is -2.16. The quantitative estimate of drug-likeness (QED) is 0.467. The predicted molar refractivity (Wildman–Crippen MR) is 119 cm³/mol. The standard InChI is InChI=1S/C24H26BrNO3/c1-17-8-6-7-11-20(17)16-29-24-21(25)12-18(13-23(24)28-2)14-26-15-22(27)19-9-4-3-5-10-19/h3-13,22,26-27H,14-16H2,1-2H3/t22-/m0/s1. The molecule has 0 aromatic heterocycles. The van der Waals surface area contributed by atoms with Crippen LogP contribution in [0.1, 0.15) is 28.4 Å². The molecule has 0 aliphatic heterocycles. The number of nitrogens with one attached hydrogen (secondary N) is 1. The van der Waals surface area contributed by atoms with Crippen LogP contribution in [0.2, 0.25) is 0 Å². The molecule has 29 heavy (non-hydrogen) atoms. The van der Waals surface area contributed by atoms with Crippen LogP contribution in [0.15, 0.2) is 71.2 Å². The molecular weight excluding hydrogens is 430 g/mol. The molecule has 3 aromatic rings. The number of hydrogen-bond acceptors (Lipinski definition) is 4. The minimum Gasteiger partial charge on any atom is -0.493 e. The summed E-state index contributed by atoms with van der Waals surface area (Å²) >= 11 is 3.61. The van der Waals surface area contributed by atoms with E-state index < -0.39 is 6.10 Å². The average molecular weight is 456 g/mol. The number of benzene rings is 3. The number of ether oxygens (including phenoxy) is 2. The minimum absolute atomic E-state index is 0.468. The summed E-state index contributed by atoms with van der Waals surface area (Å²) in [5.41, 5.74) is 4.28. The Kier molecular flexibility index (Phi) is 7.69. The van der Waals surface area contributed by atoms with Crippen molar-refractivity contribution < 1.29 is 14.6 Å². The molecule has 0 saturated carbocycles. The molecule has 5 heteroatoms. The van der Waals surface area contributed by atoms with Crippen LogP contribution in [-0.2, 0) is 13.2 Å². The second-order valence-electron chi connectivity index (χ2n) is 6.88. The fraction of sp³-hybridized carbons (Fsp3) is 0.250. The molecule has 1 atom stereocenters. The fourth-order valence-electron chi connectivity index (χ4n) is 3.08. The number of aliphatic hydroxyl groups is 1. The zero-order valence-electron chi connectivity index (χ0n) is 16.7. The zero-order valence-corrected chi connectivity index (χ0v) is 18.3. The minimum atomic E-state index is -0.543. The SMILES string of the molecule is COc1cc(CNC[C@H](O)c2ccccc2)cc(Br)c1OCc1ccccc1C. The van der Waals surface area contributed by atoms with Crippen molar-refractivity contribution in [3.63, 3.8) is 0 Å². The van der Waals surface area contributed by atoms with Gasteiger partial charge in [-0.05, 0) is 57.2 Å². The Bertz CT molecular complexity index is 931. The maximum absolute atomic E-state index is 10.3. The van der Waals surface area contributed by atoms with E-state index in [2.05, 4.69) is 40.3 Å². The lowest BCUT2D eigenvalue weighted by Crippen LogP contribution is -2.21. The van der Waals surface area contributed by atoms with Crippen molar-refractivity contribution in [1.82, 2.24) is 5.32 Å². The van der Waals surface area contributed by atoms with E-state index in [1.807, 2.05) is 54.6 Å². The van der Waals surface area contributed by atoms with Crippen LogP contribution in [0.5, 0.6) is 11.5 Å². The van der Waals surface area contributed by atoms with Gasteiger partial charge in [0, 0.05) is 13.1 Å². The largest absolute Gasteiger partial charge is 0.493 e. The lowest BCUT2D eigenvalue weighted by atomic mass is 10.1. The summed E-state index contributed by atoms with van der Waals surface area (Å²) in [6.07, 6.45) is -0.543. The second kappa shape index (κ2) is 10.4. The zero-order chi connectivity index (χ0) is 20.6. The molecule has 0 unspecified atom stereocenters. The van der Waals surface area contributed by atoms with Gasteiger partial charge in [0.25, 0.3) is 0 Å². The molecule has 0 radical (unpaired) electrons. The monoisotopic (exact) mass is 455 g/mol. The van der Waals surface area contributed by atoms with Crippen LogP contribution in [0.3, 0.4) is 0 Å². The summed E-state index contributed by atoms with van der Waals surface area (Å²) in [5.74, 6) is 1.36. The highest BCUT2D eigenvalue weighted by Crippen LogP contribution is 2.37. The molecule has 152 valence electrons. The molecule has 0 heterocycles. The Hall–Kier alpha value is -2.34. The van der Waals surface area contributed by atoms with Gasteiger partial charge in [0.05, 0.1) is 17.7 Å². The molecule has 3 aromatic carbocycles. The first-order chi connectivity index (χ1) is 14.1. The van der Waals surface area contributed by atoms with Crippen molar-refractivity contribution in [3.8, 4) is 11.5 Å². The maximum atomic E-state index is 10.3. The van der Waals surface area contributed by atoms with Crippen molar-refractivity contribution in [2.75, 3.05) is 13.7 Å². The summed E-state index contributed by atoms with van der Waals surface area (Å²) in [5, 5.41) is 13.6. The average Bonchev–Trinajstić information content (AvgIpc) is 2.74. The Morgan fingerprint density at radius 2 is 1.76 bits per heavy atom. The van der Waals surface area contributed by atoms with Gasteiger partial charge in [-0.15, -0.1) is 0 Å². The topological polar surface area (TPSA) is 50.7 Å². The van der Waals surface area contributed by atoms with Gasteiger partial charge in [-0.3, -0.25) is 0 Å². The number of methoxy groups -OCH3 is 1. The fourth-order valence-corrected chi connectivity index (χ4v) is 3.69. The summed E-state index contributed by atoms with van der Waals surface area (Å²) in [7, 11) is 1.64. The second-order valence-corrected chi connectivity index (χ2v) is 7.74. The van der Waals surface area contributed by atoms with E-state index in [1.165, 1.54) is 5.56 Å². The van der Waals surface area contributed by atoms with Crippen molar-refractivity contribution >= 4 is 15.9 Å². The van der Waals surface area contributed by atoms with Gasteiger partial charge in [-0.2, -0.15) is 0 Å². The van der Waals surface area contributed by atoms with Crippen molar-refractivity contribution in [2.45, 2.75) is 26.2 Å². The molecular formula is C24H26BrNO3. The molecule has 0 bridgehead atoms. The van der Waals surface area contributed by atoms with Gasteiger partial charge in [0.1, 0.15) is 6.61 Å². The number of hydrogen-bond donors (Lipinski definition) is 2. The third-order valence-corrected chi connectivity index (χ3v) is 5.36. The van der Waals surface area contributed by atoms with Crippen LogP contribution in [0.25, 0.3) is 0 Å². The summed E-state index contributed by atoms with van der Waals surface area (Å²) in [6.45, 7) is 3.62. The van der Waals surface area contributed by atoms with E-state index in [9.17, 15) is 5.11 Å². The van der Waals surface area contributed by atoms with Crippen LogP contribution in [0.4, 0.5) is 0 Å². The maximum Gasteiger partial charge on any atom is 0.175 e. The van der Waals surface area contributed by atoms with Crippen LogP contribution in [-0.4, -0.2) is 18.8 Å². The first-order valence-corrected chi connectivity index (χ1v) is 10.3. The third-order valence-electron chi connectivity index (χ3n) is 4.77. The molecule has 4 nitrogen and oxygen atoms in total. The number of aryl methyl sites for hydroxylation is 1. The Morgan fingerprint density at radius 1 is 1.03 bits per heavy atom. The Labute approximate surface area is 180 Å². The molecule has 0 spiro atoms. The van der Waals surface area contributed by atoms with E-state index in [0.29, 0.717) is 31.2 Å². The highest BCUT2D eigenvalue weighted by Gasteiger charge is 2.13. The molecule has 2 N–H and O–H groups in total. The van der Waals surface area contributed by atoms with Gasteiger partial charge in [0.2, 0.25) is 0 Å². The van der Waals surface area contributed by atoms with Crippen molar-refractivity contribution in [2.24, 2.45) is 0 Å². The van der Waals surface area contributed by atoms with Gasteiger partial charge in [-0.1, -0.05) is 54.6 Å². The van der Waals surface area contributed by atoms with Crippen molar-refractivity contribution in [3.05, 3.63) is 93.5 Å². The molecule has 0 fully saturated rings. The van der Waals surface area contributed by atoms with Crippen molar-refractivity contribution in [1.29, 1.82) is 0 Å². The summed E-state index contributed by atoms with van der Waals surface area (Å²) < 4.78 is 12.4. The number of aliphatic hydroxyl groups excluding tert-OH is 1. The van der Waals surface area contributed by atoms with E-state index in [1.54, 1.807) is 7.11 Å². The van der Waals surface area contributed by atoms with Gasteiger partial charge in [0.15, 0.2) is 11.5 Å². The third kappa shape index (κ3) is 5.82. The number of rotatable bonds is 9. The predicted octanol–water partition coefficient (Wildman–Crippen LogP) is 5.17. The van der Waals surface area contributed by atoms with E-state index in [4.69, 9.17) is 9.47 Å². The van der Waals surface area contributed by atoms with Gasteiger partial charge >= 0.3 is 0 Å². The first kappa shape index (κ1) is 21.4. The van der Waals surface area contributed by atoms with Crippen LogP contribution in [0, 0.1) is 6.92 Å². The van der Waals surface area contributed by atoms with Gasteiger partial charge < -0.3 is 19.9 Å². The number of halogens is 1. The van der Waals surface area contributed by atoms with Gasteiger partial charge in [-0.25, -0.2) is 0 Å². The Balaban J connectivity index is 1.62. The molecule has 0 aliphatic carbocycles. The molecule has 0 aliphatic rings. The van der Waals surface area contributed by atoms with E-state index in [-0.39, 0.29) is 0 Å². The molecule has 0 amide bonds. The smallest absolute Gasteiger partial charge is 0.175 e. The lowest BCUT2D eigenvalue weighted by molar-refractivity contribution is 0.174. The summed E-state index contributed by atoms with van der Waals surface area (Å²) in [4.78, 5) is 0. The van der Waals surface area contributed by atoms with E-state index >= 15 is 0 Å². The molecule has 0 saturated heterocycles. The molecule has 3 rings (SSSR count). The normalized spacial score (nSPS) is 11.9. The van der Waals surface area contributed by atoms with E-state index in [0.717, 1.165) is 21.2 Å². The first-order valence-electron chi connectivity index (χ1n) is 9.56. The Morgan fingerprint density at radius 3 is 2.48 bits per heavy atom. The highest BCUT2D eigenvalue weighted by atomic mass is 79.9. The highest BCUT2D eigenvalue weighted by molar-refractivity contribution is 9.10. The van der Waals surface area contributed by atoms with Crippen LogP contribution >= 0.6 is 15.9 Å².